The van der Waals surface area contributed by atoms with Crippen molar-refractivity contribution in [2.45, 2.75) is 50.5 Å². The summed E-state index contributed by atoms with van der Waals surface area (Å²) in [5.74, 6) is 1.76. The molecule has 0 radical (unpaired) electrons. The van der Waals surface area contributed by atoms with Crippen molar-refractivity contribution in [1.82, 2.24) is 15.0 Å². The third-order valence-electron chi connectivity index (χ3n) is 6.02. The second-order valence-electron chi connectivity index (χ2n) is 8.49. The topological polar surface area (TPSA) is 106 Å². The van der Waals surface area contributed by atoms with Gasteiger partial charge >= 0.3 is 0 Å². The molecule has 2 aromatic rings. The van der Waals surface area contributed by atoms with E-state index in [1.165, 1.54) is 6.26 Å². The van der Waals surface area contributed by atoms with Crippen LogP contribution in [0.25, 0.3) is 0 Å². The van der Waals surface area contributed by atoms with Crippen LogP contribution in [-0.4, -0.2) is 60.2 Å². The molecule has 8 nitrogen and oxygen atoms in total. The minimum Gasteiger partial charge on any atom is -0.490 e. The van der Waals surface area contributed by atoms with E-state index in [-0.39, 0.29) is 11.9 Å². The van der Waals surface area contributed by atoms with Crippen LogP contribution in [0.5, 0.6) is 5.75 Å². The third-order valence-corrected chi connectivity index (χ3v) is 7.05. The Kier molecular flexibility index (Phi) is 6.71. The van der Waals surface area contributed by atoms with Gasteiger partial charge in [-0.25, -0.2) is 18.4 Å². The number of pyridine rings is 1. The third kappa shape index (κ3) is 5.71. The maximum Gasteiger partial charge on any atom is 0.225 e. The fourth-order valence-corrected chi connectivity index (χ4v) is 4.95. The molecular formula is C22H30N4O4S. The van der Waals surface area contributed by atoms with E-state index in [0.29, 0.717) is 30.6 Å². The van der Waals surface area contributed by atoms with Crippen LogP contribution >= 0.6 is 0 Å². The molecule has 1 atom stereocenters. The molecule has 0 spiro atoms. The normalized spacial score (nSPS) is 19.8. The first-order valence-corrected chi connectivity index (χ1v) is 13.0. The van der Waals surface area contributed by atoms with E-state index in [1.54, 1.807) is 12.4 Å². The van der Waals surface area contributed by atoms with Crippen LogP contribution in [-0.2, 0) is 16.3 Å². The first-order valence-electron chi connectivity index (χ1n) is 10.9. The summed E-state index contributed by atoms with van der Waals surface area (Å²) in [6.45, 7) is 2.05. The van der Waals surface area contributed by atoms with Gasteiger partial charge in [0.05, 0.1) is 30.9 Å². The summed E-state index contributed by atoms with van der Waals surface area (Å²) in [6.07, 6.45) is 9.35. The Balaban J connectivity index is 1.29. The standard InChI is InChI=1S/C22H30N4O4S/c1-31(28,29)13-3-12-30-17-14-23-22(24-15-17)26-10-8-16(9-11-26)19-7-6-18-20(25-19)4-2-5-21(18)27/h6-7,14-16,21,27H,2-5,8-13H2,1H3. The Morgan fingerprint density at radius 1 is 1.16 bits per heavy atom. The summed E-state index contributed by atoms with van der Waals surface area (Å²) in [7, 11) is -2.97. The Labute approximate surface area is 183 Å². The van der Waals surface area contributed by atoms with Gasteiger partial charge in [-0.1, -0.05) is 6.07 Å². The number of aliphatic hydroxyl groups excluding tert-OH is 1. The predicted octanol–water partition coefficient (Wildman–Crippen LogP) is 2.44. The Bertz CT molecular complexity index is 989. The van der Waals surface area contributed by atoms with Gasteiger partial charge in [0.15, 0.2) is 5.75 Å². The maximum absolute atomic E-state index is 11.2. The van der Waals surface area contributed by atoms with Crippen LogP contribution in [0.4, 0.5) is 5.95 Å². The Morgan fingerprint density at radius 2 is 1.90 bits per heavy atom. The van der Waals surface area contributed by atoms with Gasteiger partial charge in [0.2, 0.25) is 5.95 Å². The molecule has 31 heavy (non-hydrogen) atoms. The zero-order chi connectivity index (χ0) is 21.8. The van der Waals surface area contributed by atoms with Crippen LogP contribution in [0.3, 0.4) is 0 Å². The van der Waals surface area contributed by atoms with Gasteiger partial charge in [-0.2, -0.15) is 0 Å². The van der Waals surface area contributed by atoms with Crippen molar-refractivity contribution in [3.05, 3.63) is 41.5 Å². The zero-order valence-corrected chi connectivity index (χ0v) is 18.7. The second kappa shape index (κ2) is 9.48. The van der Waals surface area contributed by atoms with E-state index in [9.17, 15) is 13.5 Å². The predicted molar refractivity (Wildman–Crippen MR) is 118 cm³/mol. The number of hydrogen-bond acceptors (Lipinski definition) is 8. The lowest BCUT2D eigenvalue weighted by molar-refractivity contribution is 0.155. The molecule has 2 aliphatic rings. The molecule has 4 rings (SSSR count). The van der Waals surface area contributed by atoms with E-state index in [4.69, 9.17) is 9.72 Å². The first kappa shape index (κ1) is 22.0. The van der Waals surface area contributed by atoms with Gasteiger partial charge in [0.1, 0.15) is 9.84 Å². The maximum atomic E-state index is 11.2. The number of hydrogen-bond donors (Lipinski definition) is 1. The molecule has 0 aromatic carbocycles. The van der Waals surface area contributed by atoms with E-state index < -0.39 is 9.84 Å². The number of rotatable bonds is 7. The van der Waals surface area contributed by atoms with Gasteiger partial charge < -0.3 is 14.7 Å². The lowest BCUT2D eigenvalue weighted by Gasteiger charge is -2.32. The number of sulfone groups is 1. The molecule has 3 heterocycles. The molecule has 0 amide bonds. The van der Waals surface area contributed by atoms with Crippen molar-refractivity contribution in [2.75, 3.05) is 36.6 Å². The first-order chi connectivity index (χ1) is 14.9. The lowest BCUT2D eigenvalue weighted by atomic mass is 9.89. The molecule has 1 aliphatic carbocycles. The van der Waals surface area contributed by atoms with Crippen LogP contribution in [0.1, 0.15) is 61.1 Å². The number of piperidine rings is 1. The van der Waals surface area contributed by atoms with Crippen molar-refractivity contribution in [3.63, 3.8) is 0 Å². The van der Waals surface area contributed by atoms with Crippen molar-refractivity contribution in [3.8, 4) is 5.75 Å². The smallest absolute Gasteiger partial charge is 0.225 e. The highest BCUT2D eigenvalue weighted by Gasteiger charge is 2.25. The second-order valence-corrected chi connectivity index (χ2v) is 10.8. The summed E-state index contributed by atoms with van der Waals surface area (Å²) < 4.78 is 27.8. The summed E-state index contributed by atoms with van der Waals surface area (Å²) >= 11 is 0. The number of ether oxygens (including phenoxy) is 1. The molecule has 1 unspecified atom stereocenters. The SMILES string of the molecule is CS(=O)(=O)CCCOc1cnc(N2CCC(c3ccc4c(n3)CCCC4O)CC2)nc1. The number of aliphatic hydroxyl groups is 1. The van der Waals surface area contributed by atoms with Gasteiger partial charge in [-0.3, -0.25) is 4.98 Å². The number of anilines is 1. The average Bonchev–Trinajstić information content (AvgIpc) is 2.77. The summed E-state index contributed by atoms with van der Waals surface area (Å²) in [4.78, 5) is 15.9. The fraction of sp³-hybridized carbons (Fsp3) is 0.591. The minimum absolute atomic E-state index is 0.112. The van der Waals surface area contributed by atoms with Gasteiger partial charge in [-0.05, 0) is 44.6 Å². The van der Waals surface area contributed by atoms with Gasteiger partial charge in [0.25, 0.3) is 0 Å². The van der Waals surface area contributed by atoms with Gasteiger partial charge in [-0.15, -0.1) is 0 Å². The number of nitrogens with zero attached hydrogens (tertiary/aromatic N) is 4. The van der Waals surface area contributed by atoms with E-state index in [1.807, 2.05) is 0 Å². The van der Waals surface area contributed by atoms with E-state index in [2.05, 4.69) is 27.0 Å². The summed E-state index contributed by atoms with van der Waals surface area (Å²) in [5.41, 5.74) is 3.19. The summed E-state index contributed by atoms with van der Waals surface area (Å²) in [6, 6.07) is 4.14. The monoisotopic (exact) mass is 446 g/mol. The fourth-order valence-electron chi connectivity index (χ4n) is 4.31. The summed E-state index contributed by atoms with van der Waals surface area (Å²) in [5, 5.41) is 10.1. The highest BCUT2D eigenvalue weighted by atomic mass is 32.2. The molecule has 168 valence electrons. The van der Waals surface area contributed by atoms with E-state index >= 15 is 0 Å². The minimum atomic E-state index is -2.97. The quantitative estimate of drug-likeness (QED) is 0.647. The zero-order valence-electron chi connectivity index (χ0n) is 17.9. The van der Waals surface area contributed by atoms with Crippen molar-refractivity contribution in [1.29, 1.82) is 0 Å². The molecular weight excluding hydrogens is 416 g/mol. The van der Waals surface area contributed by atoms with Crippen LogP contribution < -0.4 is 9.64 Å². The van der Waals surface area contributed by atoms with Crippen molar-refractivity contribution in [2.24, 2.45) is 0 Å². The molecule has 2 aromatic heterocycles. The van der Waals surface area contributed by atoms with Crippen LogP contribution in [0.15, 0.2) is 24.5 Å². The number of fused-ring (bicyclic) bond motifs is 1. The molecule has 1 fully saturated rings. The lowest BCUT2D eigenvalue weighted by Crippen LogP contribution is -2.34. The number of aryl methyl sites for hydroxylation is 1. The van der Waals surface area contributed by atoms with Crippen molar-refractivity contribution >= 4 is 15.8 Å². The average molecular weight is 447 g/mol. The Morgan fingerprint density at radius 3 is 2.61 bits per heavy atom. The molecule has 1 N–H and O–H groups in total. The molecule has 1 aliphatic heterocycles. The van der Waals surface area contributed by atoms with Crippen LogP contribution in [0.2, 0.25) is 0 Å². The van der Waals surface area contributed by atoms with Crippen LogP contribution in [0, 0.1) is 0 Å². The number of aromatic nitrogens is 3. The Hall–Kier alpha value is -2.26. The van der Waals surface area contributed by atoms with E-state index in [0.717, 1.165) is 62.1 Å². The highest BCUT2D eigenvalue weighted by Crippen LogP contribution is 2.33. The largest absolute Gasteiger partial charge is 0.490 e. The molecule has 0 bridgehead atoms. The molecule has 1 saturated heterocycles. The highest BCUT2D eigenvalue weighted by molar-refractivity contribution is 7.90. The van der Waals surface area contributed by atoms with Crippen molar-refractivity contribution < 1.29 is 18.3 Å². The molecule has 9 heteroatoms. The van der Waals surface area contributed by atoms with Gasteiger partial charge in [0, 0.05) is 42.2 Å². The molecule has 0 saturated carbocycles.